The van der Waals surface area contributed by atoms with Gasteiger partial charge in [0.05, 0.1) is 5.69 Å². The fraction of sp³-hybridized carbons (Fsp3) is 0.100. The summed E-state index contributed by atoms with van der Waals surface area (Å²) >= 11 is 11.6. The van der Waals surface area contributed by atoms with Crippen molar-refractivity contribution in [3.05, 3.63) is 34.3 Å². The molecule has 0 fully saturated rings. The zero-order chi connectivity index (χ0) is 13.3. The molecule has 1 amide bonds. The molecule has 94 valence electrons. The standard InChI is InChI=1S/C10H9Cl2N5O/c1-17-3-2-14-10(17)15-5-4-6(11)16-8(12)7(5)9(13)18/h2-4H,1H3,(H2,13,18)(H,14,15,16). The minimum absolute atomic E-state index is 0.0493. The topological polar surface area (TPSA) is 85.8 Å². The van der Waals surface area contributed by atoms with E-state index in [1.807, 2.05) is 0 Å². The van der Waals surface area contributed by atoms with Gasteiger partial charge in [0.15, 0.2) is 0 Å². The second-order valence-electron chi connectivity index (χ2n) is 3.51. The van der Waals surface area contributed by atoms with E-state index in [2.05, 4.69) is 15.3 Å². The minimum Gasteiger partial charge on any atom is -0.365 e. The van der Waals surface area contributed by atoms with Crippen molar-refractivity contribution >= 4 is 40.7 Å². The lowest BCUT2D eigenvalue weighted by atomic mass is 10.2. The van der Waals surface area contributed by atoms with Crippen LogP contribution in [0.4, 0.5) is 11.6 Å². The van der Waals surface area contributed by atoms with Crippen LogP contribution in [0.25, 0.3) is 0 Å². The Kier molecular flexibility index (Phi) is 3.40. The fourth-order valence-corrected chi connectivity index (χ4v) is 1.95. The van der Waals surface area contributed by atoms with Gasteiger partial charge in [-0.1, -0.05) is 23.2 Å². The van der Waals surface area contributed by atoms with Crippen LogP contribution in [0.2, 0.25) is 10.3 Å². The second-order valence-corrected chi connectivity index (χ2v) is 4.25. The molecule has 2 rings (SSSR count). The Morgan fingerprint density at radius 2 is 2.22 bits per heavy atom. The molecule has 8 heteroatoms. The molecule has 3 N–H and O–H groups in total. The number of nitrogens with one attached hydrogen (secondary N) is 1. The van der Waals surface area contributed by atoms with Crippen LogP contribution in [0.15, 0.2) is 18.5 Å². The van der Waals surface area contributed by atoms with Gasteiger partial charge in [0.1, 0.15) is 15.9 Å². The van der Waals surface area contributed by atoms with Gasteiger partial charge in [0, 0.05) is 19.4 Å². The lowest BCUT2D eigenvalue weighted by molar-refractivity contribution is 0.100. The zero-order valence-electron chi connectivity index (χ0n) is 9.32. The molecule has 2 aromatic rings. The zero-order valence-corrected chi connectivity index (χ0v) is 10.8. The van der Waals surface area contributed by atoms with Gasteiger partial charge in [0.2, 0.25) is 5.95 Å². The van der Waals surface area contributed by atoms with Gasteiger partial charge in [-0.05, 0) is 6.07 Å². The van der Waals surface area contributed by atoms with Crippen LogP contribution in [-0.2, 0) is 7.05 Å². The van der Waals surface area contributed by atoms with Crippen LogP contribution in [0.3, 0.4) is 0 Å². The quantitative estimate of drug-likeness (QED) is 0.844. The number of aromatic nitrogens is 3. The molecular weight excluding hydrogens is 277 g/mol. The van der Waals surface area contributed by atoms with Crippen LogP contribution >= 0.6 is 23.2 Å². The monoisotopic (exact) mass is 285 g/mol. The molecule has 0 saturated carbocycles. The molecule has 0 unspecified atom stereocenters. The van der Waals surface area contributed by atoms with Crippen molar-refractivity contribution in [2.75, 3.05) is 5.32 Å². The highest BCUT2D eigenvalue weighted by Gasteiger charge is 2.16. The second kappa shape index (κ2) is 4.83. The summed E-state index contributed by atoms with van der Waals surface area (Å²) in [6.45, 7) is 0. The first-order valence-corrected chi connectivity index (χ1v) is 5.65. The van der Waals surface area contributed by atoms with Gasteiger partial charge < -0.3 is 15.6 Å². The van der Waals surface area contributed by atoms with E-state index in [-0.39, 0.29) is 15.9 Å². The van der Waals surface area contributed by atoms with E-state index in [0.717, 1.165) is 0 Å². The van der Waals surface area contributed by atoms with Gasteiger partial charge in [-0.3, -0.25) is 4.79 Å². The normalized spacial score (nSPS) is 10.4. The first-order chi connectivity index (χ1) is 8.49. The molecule has 0 aliphatic carbocycles. The number of nitrogens with zero attached hydrogens (tertiary/aromatic N) is 3. The smallest absolute Gasteiger partial charge is 0.253 e. The van der Waals surface area contributed by atoms with Crippen molar-refractivity contribution in [1.29, 1.82) is 0 Å². The Morgan fingerprint density at radius 3 is 2.78 bits per heavy atom. The summed E-state index contributed by atoms with van der Waals surface area (Å²) in [6, 6.07) is 1.46. The van der Waals surface area contributed by atoms with Crippen molar-refractivity contribution in [1.82, 2.24) is 14.5 Å². The third-order valence-electron chi connectivity index (χ3n) is 2.26. The van der Waals surface area contributed by atoms with Gasteiger partial charge in [-0.15, -0.1) is 0 Å². The molecule has 0 atom stereocenters. The number of hydrogen-bond acceptors (Lipinski definition) is 4. The Balaban J connectivity index is 2.49. The number of halogens is 2. The highest BCUT2D eigenvalue weighted by molar-refractivity contribution is 6.35. The molecule has 6 nitrogen and oxygen atoms in total. The minimum atomic E-state index is -0.694. The Morgan fingerprint density at radius 1 is 1.50 bits per heavy atom. The summed E-state index contributed by atoms with van der Waals surface area (Å²) in [6.07, 6.45) is 3.35. The molecule has 2 aromatic heterocycles. The molecule has 0 aliphatic rings. The number of carbonyl (C=O) groups is 1. The third-order valence-corrected chi connectivity index (χ3v) is 2.73. The molecule has 0 spiro atoms. The molecule has 0 bridgehead atoms. The van der Waals surface area contributed by atoms with E-state index < -0.39 is 5.91 Å². The van der Waals surface area contributed by atoms with Gasteiger partial charge in [-0.2, -0.15) is 0 Å². The summed E-state index contributed by atoms with van der Waals surface area (Å²) < 4.78 is 1.73. The van der Waals surface area contributed by atoms with Gasteiger partial charge in [0.25, 0.3) is 5.91 Å². The average Bonchev–Trinajstić information content (AvgIpc) is 2.62. The maximum Gasteiger partial charge on any atom is 0.253 e. The molecule has 0 aromatic carbocycles. The predicted molar refractivity (Wildman–Crippen MR) is 69.3 cm³/mol. The average molecular weight is 286 g/mol. The molecule has 0 saturated heterocycles. The van der Waals surface area contributed by atoms with Gasteiger partial charge in [-0.25, -0.2) is 9.97 Å². The van der Waals surface area contributed by atoms with E-state index in [9.17, 15) is 4.79 Å². The largest absolute Gasteiger partial charge is 0.365 e. The summed E-state index contributed by atoms with van der Waals surface area (Å²) in [4.78, 5) is 19.2. The van der Waals surface area contributed by atoms with Crippen LogP contribution in [0, 0.1) is 0 Å². The first kappa shape index (κ1) is 12.7. The predicted octanol–water partition coefficient (Wildman–Crippen LogP) is 1.96. The van der Waals surface area contributed by atoms with Crippen LogP contribution in [0.1, 0.15) is 10.4 Å². The highest BCUT2D eigenvalue weighted by atomic mass is 35.5. The number of rotatable bonds is 3. The number of pyridine rings is 1. The van der Waals surface area contributed by atoms with Crippen LogP contribution in [0.5, 0.6) is 0 Å². The molecule has 2 heterocycles. The number of nitrogens with two attached hydrogens (primary N) is 1. The number of carbonyl (C=O) groups excluding carboxylic acids is 1. The van der Waals surface area contributed by atoms with E-state index in [0.29, 0.717) is 11.6 Å². The lowest BCUT2D eigenvalue weighted by Crippen LogP contribution is -2.15. The Labute approximate surface area is 113 Å². The first-order valence-electron chi connectivity index (χ1n) is 4.89. The number of primary amides is 1. The number of amides is 1. The van der Waals surface area contributed by atoms with E-state index in [1.54, 1.807) is 24.0 Å². The third kappa shape index (κ3) is 2.39. The summed E-state index contributed by atoms with van der Waals surface area (Å²) in [7, 11) is 1.80. The van der Waals surface area contributed by atoms with E-state index in [1.165, 1.54) is 6.07 Å². The van der Waals surface area contributed by atoms with Gasteiger partial charge >= 0.3 is 0 Å². The van der Waals surface area contributed by atoms with E-state index in [4.69, 9.17) is 28.9 Å². The molecule has 0 aliphatic heterocycles. The van der Waals surface area contributed by atoms with Crippen LogP contribution in [-0.4, -0.2) is 20.4 Å². The lowest BCUT2D eigenvalue weighted by Gasteiger charge is -2.11. The molecule has 0 radical (unpaired) electrons. The number of imidazole rings is 1. The highest BCUT2D eigenvalue weighted by Crippen LogP contribution is 2.27. The number of anilines is 2. The molecular formula is C10H9Cl2N5O. The fourth-order valence-electron chi connectivity index (χ4n) is 1.42. The summed E-state index contributed by atoms with van der Waals surface area (Å²) in [5.41, 5.74) is 5.69. The van der Waals surface area contributed by atoms with Crippen LogP contribution < -0.4 is 11.1 Å². The number of hydrogen-bond donors (Lipinski definition) is 2. The van der Waals surface area contributed by atoms with Crippen molar-refractivity contribution in [2.24, 2.45) is 12.8 Å². The Bertz CT molecular complexity index is 610. The summed E-state index contributed by atoms with van der Waals surface area (Å²) in [5, 5.41) is 3.03. The number of aryl methyl sites for hydroxylation is 1. The van der Waals surface area contributed by atoms with E-state index >= 15 is 0 Å². The van der Waals surface area contributed by atoms with Crippen molar-refractivity contribution in [3.8, 4) is 0 Å². The Hall–Kier alpha value is -1.79. The van der Waals surface area contributed by atoms with Crippen molar-refractivity contribution in [3.63, 3.8) is 0 Å². The summed E-state index contributed by atoms with van der Waals surface area (Å²) in [5.74, 6) is -0.170. The van der Waals surface area contributed by atoms with Crippen molar-refractivity contribution in [2.45, 2.75) is 0 Å². The maximum absolute atomic E-state index is 11.4. The molecule has 18 heavy (non-hydrogen) atoms. The SMILES string of the molecule is Cn1ccnc1Nc1cc(Cl)nc(Cl)c1C(N)=O. The maximum atomic E-state index is 11.4. The van der Waals surface area contributed by atoms with Crippen molar-refractivity contribution < 1.29 is 4.79 Å².